The van der Waals surface area contributed by atoms with Gasteiger partial charge in [0, 0.05) is 43.6 Å². The minimum Gasteiger partial charge on any atom is -0.452 e. The molecule has 0 spiro atoms. The highest BCUT2D eigenvalue weighted by Gasteiger charge is 2.27. The van der Waals surface area contributed by atoms with Gasteiger partial charge in [-0.15, -0.1) is 0 Å². The van der Waals surface area contributed by atoms with Gasteiger partial charge in [-0.25, -0.2) is 9.97 Å². The molecule has 0 bridgehead atoms. The number of benzene rings is 9. The fraction of sp³-hybridized carbons (Fsp3) is 0. The molecule has 0 fully saturated rings. The zero-order chi connectivity index (χ0) is 39.8. The summed E-state index contributed by atoms with van der Waals surface area (Å²) in [6, 6.07) is 69.6. The average molecular weight is 777 g/mol. The first-order valence-corrected chi connectivity index (χ1v) is 20.8. The number of rotatable bonds is 3. The molecule has 9 aromatic carbocycles. The first kappa shape index (κ1) is 32.7. The van der Waals surface area contributed by atoms with E-state index < -0.39 is 0 Å². The Hall–Kier alpha value is -8.28. The molecule has 13 aromatic rings. The number of para-hydroxylation sites is 4. The average Bonchev–Trinajstić information content (AvgIpc) is 3.95. The summed E-state index contributed by atoms with van der Waals surface area (Å²) in [5.41, 5.74) is 17.0. The van der Waals surface area contributed by atoms with Crippen molar-refractivity contribution in [2.75, 3.05) is 0 Å². The van der Waals surface area contributed by atoms with Crippen molar-refractivity contribution in [3.63, 3.8) is 0 Å². The van der Waals surface area contributed by atoms with E-state index in [1.54, 1.807) is 0 Å². The van der Waals surface area contributed by atoms with Gasteiger partial charge in [0.1, 0.15) is 16.8 Å². The van der Waals surface area contributed by atoms with Gasteiger partial charge in [-0.05, 0) is 69.4 Å². The van der Waals surface area contributed by atoms with E-state index in [-0.39, 0.29) is 0 Å². The van der Waals surface area contributed by atoms with E-state index in [2.05, 4.69) is 191 Å². The Morgan fingerprint density at radius 3 is 1.79 bits per heavy atom. The lowest BCUT2D eigenvalue weighted by molar-refractivity contribution is 0.666. The van der Waals surface area contributed by atoms with Crippen molar-refractivity contribution in [3.8, 4) is 56.3 Å². The molecule has 0 atom stereocenters. The highest BCUT2D eigenvalue weighted by molar-refractivity contribution is 6.22. The smallest absolute Gasteiger partial charge is 0.236 e. The molecule has 0 saturated heterocycles. The highest BCUT2D eigenvalue weighted by atomic mass is 16.3. The van der Waals surface area contributed by atoms with Crippen molar-refractivity contribution < 1.29 is 4.42 Å². The molecule has 1 aliphatic rings. The van der Waals surface area contributed by atoms with Gasteiger partial charge in [0.05, 0.1) is 27.8 Å². The normalized spacial score (nSPS) is 12.3. The van der Waals surface area contributed by atoms with Gasteiger partial charge in [-0.3, -0.25) is 4.57 Å². The molecular weight excluding hydrogens is 745 g/mol. The van der Waals surface area contributed by atoms with Crippen LogP contribution in [-0.4, -0.2) is 19.1 Å². The van der Waals surface area contributed by atoms with Gasteiger partial charge < -0.3 is 8.98 Å². The largest absolute Gasteiger partial charge is 0.452 e. The summed E-state index contributed by atoms with van der Waals surface area (Å²) >= 11 is 0. The third-order valence-corrected chi connectivity index (χ3v) is 12.9. The number of aromatic nitrogens is 4. The summed E-state index contributed by atoms with van der Waals surface area (Å²) < 4.78 is 11.5. The van der Waals surface area contributed by atoms with Gasteiger partial charge in [-0.2, -0.15) is 0 Å². The summed E-state index contributed by atoms with van der Waals surface area (Å²) in [5.74, 6) is 0.598. The van der Waals surface area contributed by atoms with Crippen LogP contribution in [0.2, 0.25) is 0 Å². The maximum atomic E-state index is 6.71. The maximum absolute atomic E-state index is 6.71. The lowest BCUT2D eigenvalue weighted by atomic mass is 9.93. The van der Waals surface area contributed by atoms with Crippen molar-refractivity contribution >= 4 is 76.5 Å². The van der Waals surface area contributed by atoms with E-state index in [9.17, 15) is 0 Å². The van der Waals surface area contributed by atoms with Crippen LogP contribution in [0.15, 0.2) is 199 Å². The van der Waals surface area contributed by atoms with E-state index in [1.165, 1.54) is 60.9 Å². The minimum atomic E-state index is 0.598. The summed E-state index contributed by atoms with van der Waals surface area (Å²) in [6.45, 7) is 0. The molecule has 5 heteroatoms. The van der Waals surface area contributed by atoms with E-state index in [0.29, 0.717) is 11.5 Å². The SMILES string of the molecule is c1ccc(-c2ccc(-c3nc(-n4c5ccccc5c5cc6c(cc54)c4cccc5c4n6-c4ccccc4-c4ccccc4-5)nc4c3oc3ccccc34)c3ccccc23)cc1. The van der Waals surface area contributed by atoms with Gasteiger partial charge in [-0.1, -0.05) is 158 Å². The third kappa shape index (κ3) is 4.44. The molecule has 0 saturated carbocycles. The van der Waals surface area contributed by atoms with Crippen molar-refractivity contribution in [1.29, 1.82) is 0 Å². The number of furan rings is 1. The molecule has 0 N–H and O–H groups in total. The zero-order valence-electron chi connectivity index (χ0n) is 32.7. The van der Waals surface area contributed by atoms with Gasteiger partial charge in [0.25, 0.3) is 0 Å². The third-order valence-electron chi connectivity index (χ3n) is 12.9. The molecule has 1 aliphatic heterocycles. The minimum absolute atomic E-state index is 0.598. The molecule has 0 aliphatic carbocycles. The molecular formula is C56H32N4O. The predicted octanol–water partition coefficient (Wildman–Crippen LogP) is 14.7. The van der Waals surface area contributed by atoms with E-state index in [0.717, 1.165) is 60.3 Å². The second kappa shape index (κ2) is 12.1. The molecule has 0 radical (unpaired) electrons. The second-order valence-electron chi connectivity index (χ2n) is 16.1. The Bertz CT molecular complexity index is 4000. The summed E-state index contributed by atoms with van der Waals surface area (Å²) in [4.78, 5) is 11.0. The molecule has 5 nitrogen and oxygen atoms in total. The quantitative estimate of drug-likeness (QED) is 0.180. The maximum Gasteiger partial charge on any atom is 0.236 e. The molecule has 4 aromatic heterocycles. The second-order valence-corrected chi connectivity index (χ2v) is 16.1. The summed E-state index contributed by atoms with van der Waals surface area (Å²) in [7, 11) is 0. The number of hydrogen-bond acceptors (Lipinski definition) is 3. The molecule has 61 heavy (non-hydrogen) atoms. The van der Waals surface area contributed by atoms with Crippen LogP contribution in [0.1, 0.15) is 0 Å². The van der Waals surface area contributed by atoms with E-state index in [4.69, 9.17) is 14.4 Å². The van der Waals surface area contributed by atoms with E-state index >= 15 is 0 Å². The van der Waals surface area contributed by atoms with Crippen LogP contribution in [0, 0.1) is 0 Å². The first-order chi connectivity index (χ1) is 30.3. The van der Waals surface area contributed by atoms with Gasteiger partial charge >= 0.3 is 0 Å². The van der Waals surface area contributed by atoms with Crippen LogP contribution in [0.5, 0.6) is 0 Å². The van der Waals surface area contributed by atoms with Crippen LogP contribution in [0.25, 0.3) is 133 Å². The molecule has 0 amide bonds. The Kier molecular flexibility index (Phi) is 6.49. The standard InChI is InChI=1S/C56H32N4O/c1-2-15-33(16-3-1)34-29-30-41(37-19-6-4-17-35(34)37)52-55-53(44-23-10-13-28-51(44)61-55)58-56(57-52)60-48-27-12-9-22-40(48)45-31-49-46(32-50(45)60)43-25-14-24-42-38-20-7-5-18-36(38)39-21-8-11-26-47(39)59(49)54(42)43/h1-32H. The summed E-state index contributed by atoms with van der Waals surface area (Å²) in [5, 5.41) is 7.89. The van der Waals surface area contributed by atoms with Crippen molar-refractivity contribution in [2.24, 2.45) is 0 Å². The van der Waals surface area contributed by atoms with Crippen LogP contribution >= 0.6 is 0 Å². The summed E-state index contributed by atoms with van der Waals surface area (Å²) in [6.07, 6.45) is 0. The fourth-order valence-corrected chi connectivity index (χ4v) is 10.3. The molecule has 5 heterocycles. The Morgan fingerprint density at radius 2 is 0.951 bits per heavy atom. The Labute approximate surface area is 349 Å². The van der Waals surface area contributed by atoms with Crippen molar-refractivity contribution in [2.45, 2.75) is 0 Å². The fourth-order valence-electron chi connectivity index (χ4n) is 10.3. The monoisotopic (exact) mass is 776 g/mol. The molecule has 282 valence electrons. The Balaban J connectivity index is 1.10. The first-order valence-electron chi connectivity index (χ1n) is 20.8. The van der Waals surface area contributed by atoms with Gasteiger partial charge in [0.15, 0.2) is 5.58 Å². The predicted molar refractivity (Wildman–Crippen MR) is 251 cm³/mol. The van der Waals surface area contributed by atoms with Crippen LogP contribution in [0.4, 0.5) is 0 Å². The lowest BCUT2D eigenvalue weighted by Gasteiger charge is -2.14. The number of hydrogen-bond donors (Lipinski definition) is 0. The lowest BCUT2D eigenvalue weighted by Crippen LogP contribution is -2.03. The molecule has 0 unspecified atom stereocenters. The van der Waals surface area contributed by atoms with Crippen molar-refractivity contribution in [3.05, 3.63) is 194 Å². The zero-order valence-corrected chi connectivity index (χ0v) is 32.7. The van der Waals surface area contributed by atoms with E-state index in [1.807, 2.05) is 12.1 Å². The van der Waals surface area contributed by atoms with Crippen molar-refractivity contribution in [1.82, 2.24) is 19.1 Å². The highest BCUT2D eigenvalue weighted by Crippen LogP contribution is 2.48. The van der Waals surface area contributed by atoms with Gasteiger partial charge in [0.2, 0.25) is 5.95 Å². The Morgan fingerprint density at radius 1 is 0.361 bits per heavy atom. The molecule has 14 rings (SSSR count). The van der Waals surface area contributed by atoms with Crippen LogP contribution in [-0.2, 0) is 0 Å². The topological polar surface area (TPSA) is 48.8 Å². The number of nitrogens with zero attached hydrogens (tertiary/aromatic N) is 4. The number of fused-ring (bicyclic) bond motifs is 15. The van der Waals surface area contributed by atoms with Crippen LogP contribution in [0.3, 0.4) is 0 Å². The van der Waals surface area contributed by atoms with Crippen LogP contribution < -0.4 is 0 Å².